The summed E-state index contributed by atoms with van der Waals surface area (Å²) in [5, 5.41) is 6.85. The zero-order chi connectivity index (χ0) is 19.8. The Kier molecular flexibility index (Phi) is 7.37. The standard InChI is InChI=1S/C22H32N4O2/c1-4-23-22(24-15-18-8-10-19(27-3)11-9-18)25-16-20(26-13-5-6-14-26)21-12-7-17(2)28-21/h7-12,20H,4-6,13-16H2,1-3H3,(H2,23,24,25). The van der Waals surface area contributed by atoms with E-state index in [-0.39, 0.29) is 6.04 Å². The number of nitrogens with one attached hydrogen (secondary N) is 2. The first-order valence-electron chi connectivity index (χ1n) is 10.1. The Morgan fingerprint density at radius 3 is 2.50 bits per heavy atom. The number of nitrogens with zero attached hydrogens (tertiary/aromatic N) is 2. The van der Waals surface area contributed by atoms with E-state index in [0.717, 1.165) is 55.0 Å². The van der Waals surface area contributed by atoms with E-state index in [1.54, 1.807) is 7.11 Å². The van der Waals surface area contributed by atoms with Crippen LogP contribution in [0.25, 0.3) is 0 Å². The normalized spacial score (nSPS) is 16.2. The van der Waals surface area contributed by atoms with Crippen LogP contribution in [-0.4, -0.2) is 44.1 Å². The van der Waals surface area contributed by atoms with Crippen LogP contribution >= 0.6 is 0 Å². The quantitative estimate of drug-likeness (QED) is 0.539. The molecule has 1 fully saturated rings. The molecule has 1 aliphatic rings. The molecule has 2 aromatic rings. The summed E-state index contributed by atoms with van der Waals surface area (Å²) in [5.41, 5.74) is 1.15. The van der Waals surface area contributed by atoms with Gasteiger partial charge in [0.1, 0.15) is 17.3 Å². The average Bonchev–Trinajstić information content (AvgIpc) is 3.39. The molecule has 1 unspecified atom stereocenters. The first kappa shape index (κ1) is 20.3. The minimum atomic E-state index is 0.223. The lowest BCUT2D eigenvalue weighted by molar-refractivity contribution is 0.213. The van der Waals surface area contributed by atoms with Gasteiger partial charge >= 0.3 is 0 Å². The molecule has 28 heavy (non-hydrogen) atoms. The van der Waals surface area contributed by atoms with Crippen molar-refractivity contribution >= 4 is 5.96 Å². The van der Waals surface area contributed by atoms with Gasteiger partial charge in [-0.1, -0.05) is 12.1 Å². The Balaban J connectivity index is 1.65. The van der Waals surface area contributed by atoms with Crippen LogP contribution in [0.3, 0.4) is 0 Å². The highest BCUT2D eigenvalue weighted by Gasteiger charge is 2.26. The van der Waals surface area contributed by atoms with Crippen LogP contribution in [-0.2, 0) is 6.54 Å². The molecule has 3 rings (SSSR count). The maximum Gasteiger partial charge on any atom is 0.191 e. The van der Waals surface area contributed by atoms with Crippen molar-refractivity contribution in [3.8, 4) is 5.75 Å². The molecule has 0 aliphatic carbocycles. The number of likely N-dealkylation sites (tertiary alicyclic amines) is 1. The van der Waals surface area contributed by atoms with Gasteiger partial charge in [-0.05, 0) is 69.6 Å². The van der Waals surface area contributed by atoms with E-state index in [4.69, 9.17) is 14.1 Å². The first-order chi connectivity index (χ1) is 13.7. The van der Waals surface area contributed by atoms with Crippen LogP contribution in [0.2, 0.25) is 0 Å². The lowest BCUT2D eigenvalue weighted by atomic mass is 10.2. The van der Waals surface area contributed by atoms with E-state index in [1.165, 1.54) is 12.8 Å². The van der Waals surface area contributed by atoms with Crippen LogP contribution in [0, 0.1) is 6.92 Å². The van der Waals surface area contributed by atoms with Gasteiger partial charge in [0.15, 0.2) is 5.96 Å². The molecular formula is C22H32N4O2. The number of guanidine groups is 1. The summed E-state index contributed by atoms with van der Waals surface area (Å²) in [6, 6.07) is 12.4. The molecule has 152 valence electrons. The van der Waals surface area contributed by atoms with Crippen molar-refractivity contribution in [2.24, 2.45) is 4.99 Å². The predicted octanol–water partition coefficient (Wildman–Crippen LogP) is 3.49. The van der Waals surface area contributed by atoms with Gasteiger partial charge in [-0.25, -0.2) is 4.99 Å². The van der Waals surface area contributed by atoms with E-state index in [1.807, 2.05) is 37.3 Å². The third kappa shape index (κ3) is 5.52. The second kappa shape index (κ2) is 10.2. The third-order valence-electron chi connectivity index (χ3n) is 5.06. The highest BCUT2D eigenvalue weighted by Crippen LogP contribution is 2.26. The van der Waals surface area contributed by atoms with Gasteiger partial charge in [-0.2, -0.15) is 0 Å². The van der Waals surface area contributed by atoms with E-state index in [2.05, 4.69) is 28.5 Å². The molecule has 0 bridgehead atoms. The summed E-state index contributed by atoms with van der Waals surface area (Å²) in [4.78, 5) is 7.24. The second-order valence-corrected chi connectivity index (χ2v) is 7.13. The summed E-state index contributed by atoms with van der Waals surface area (Å²) >= 11 is 0. The Hall–Kier alpha value is -2.47. The highest BCUT2D eigenvalue weighted by molar-refractivity contribution is 5.79. The number of furan rings is 1. The lowest BCUT2D eigenvalue weighted by Gasteiger charge is -2.26. The fourth-order valence-electron chi connectivity index (χ4n) is 3.53. The fourth-order valence-corrected chi connectivity index (χ4v) is 3.53. The minimum Gasteiger partial charge on any atom is -0.497 e. The topological polar surface area (TPSA) is 62.0 Å². The van der Waals surface area contributed by atoms with Crippen molar-refractivity contribution in [1.82, 2.24) is 15.5 Å². The van der Waals surface area contributed by atoms with Gasteiger partial charge in [0.2, 0.25) is 0 Å². The Labute approximate surface area is 168 Å². The maximum absolute atomic E-state index is 5.95. The highest BCUT2D eigenvalue weighted by atomic mass is 16.5. The summed E-state index contributed by atoms with van der Waals surface area (Å²) in [5.74, 6) is 3.67. The largest absolute Gasteiger partial charge is 0.497 e. The Morgan fingerprint density at radius 1 is 1.14 bits per heavy atom. The first-order valence-corrected chi connectivity index (χ1v) is 10.1. The monoisotopic (exact) mass is 384 g/mol. The van der Waals surface area contributed by atoms with E-state index in [9.17, 15) is 0 Å². The molecule has 1 aromatic heterocycles. The molecule has 0 saturated carbocycles. The van der Waals surface area contributed by atoms with Crippen molar-refractivity contribution < 1.29 is 9.15 Å². The zero-order valence-electron chi connectivity index (χ0n) is 17.2. The number of ether oxygens (including phenoxy) is 1. The molecule has 6 nitrogen and oxygen atoms in total. The second-order valence-electron chi connectivity index (χ2n) is 7.13. The minimum absolute atomic E-state index is 0.223. The molecule has 6 heteroatoms. The molecule has 1 aromatic carbocycles. The fraction of sp³-hybridized carbons (Fsp3) is 0.500. The number of rotatable bonds is 8. The molecule has 0 radical (unpaired) electrons. The molecule has 1 saturated heterocycles. The van der Waals surface area contributed by atoms with Gasteiger partial charge in [-0.3, -0.25) is 4.90 Å². The van der Waals surface area contributed by atoms with Crippen molar-refractivity contribution in [1.29, 1.82) is 0 Å². The number of benzene rings is 1. The van der Waals surface area contributed by atoms with Crippen LogP contribution < -0.4 is 15.4 Å². The van der Waals surface area contributed by atoms with E-state index < -0.39 is 0 Å². The number of methoxy groups -OCH3 is 1. The van der Waals surface area contributed by atoms with Crippen molar-refractivity contribution in [2.75, 3.05) is 33.3 Å². The lowest BCUT2D eigenvalue weighted by Crippen LogP contribution is -2.42. The summed E-state index contributed by atoms with van der Waals surface area (Å²) < 4.78 is 11.2. The number of aryl methyl sites for hydroxylation is 1. The molecule has 0 amide bonds. The van der Waals surface area contributed by atoms with E-state index in [0.29, 0.717) is 6.54 Å². The van der Waals surface area contributed by atoms with Crippen LogP contribution in [0.5, 0.6) is 5.75 Å². The average molecular weight is 385 g/mol. The summed E-state index contributed by atoms with van der Waals surface area (Å²) in [6.07, 6.45) is 2.50. The van der Waals surface area contributed by atoms with Crippen LogP contribution in [0.15, 0.2) is 45.8 Å². The van der Waals surface area contributed by atoms with Gasteiger partial charge in [0.25, 0.3) is 0 Å². The molecule has 0 spiro atoms. The van der Waals surface area contributed by atoms with Gasteiger partial charge in [-0.15, -0.1) is 0 Å². The Bertz CT molecular complexity index is 748. The van der Waals surface area contributed by atoms with Crippen molar-refractivity contribution in [3.63, 3.8) is 0 Å². The van der Waals surface area contributed by atoms with Crippen molar-refractivity contribution in [2.45, 2.75) is 39.3 Å². The van der Waals surface area contributed by atoms with Crippen molar-refractivity contribution in [3.05, 3.63) is 53.5 Å². The molecule has 2 N–H and O–H groups in total. The summed E-state index contributed by atoms with van der Waals surface area (Å²) in [7, 11) is 1.68. The Morgan fingerprint density at radius 2 is 1.89 bits per heavy atom. The maximum atomic E-state index is 5.95. The molecular weight excluding hydrogens is 352 g/mol. The van der Waals surface area contributed by atoms with Gasteiger partial charge < -0.3 is 19.8 Å². The van der Waals surface area contributed by atoms with Crippen LogP contribution in [0.1, 0.15) is 42.9 Å². The molecule has 1 aliphatic heterocycles. The smallest absolute Gasteiger partial charge is 0.191 e. The molecule has 1 atom stereocenters. The zero-order valence-corrected chi connectivity index (χ0v) is 17.2. The van der Waals surface area contributed by atoms with E-state index >= 15 is 0 Å². The van der Waals surface area contributed by atoms with Crippen LogP contribution in [0.4, 0.5) is 0 Å². The third-order valence-corrected chi connectivity index (χ3v) is 5.06. The van der Waals surface area contributed by atoms with Gasteiger partial charge in [0, 0.05) is 13.1 Å². The summed E-state index contributed by atoms with van der Waals surface area (Å²) in [6.45, 7) is 8.52. The number of hydrogen-bond donors (Lipinski definition) is 2. The predicted molar refractivity (Wildman–Crippen MR) is 113 cm³/mol. The van der Waals surface area contributed by atoms with Gasteiger partial charge in [0.05, 0.1) is 19.7 Å². The number of aliphatic imine (C=N–C) groups is 1. The molecule has 2 heterocycles. The number of hydrogen-bond acceptors (Lipinski definition) is 4. The SMILES string of the molecule is CCNC(=NCc1ccc(OC)cc1)NCC(c1ccc(C)o1)N1CCCC1.